The number of likely N-dealkylation sites (tertiary alicyclic amines) is 1. The minimum atomic E-state index is -2.81. The molecule has 3 fully saturated rings. The predicted molar refractivity (Wildman–Crippen MR) is 137 cm³/mol. The fourth-order valence-electron chi connectivity index (χ4n) is 6.11. The number of alkyl halides is 2. The number of aromatic nitrogens is 5. The summed E-state index contributed by atoms with van der Waals surface area (Å²) in [5.41, 5.74) is 2.32. The largest absolute Gasteiger partial charge is 0.380 e. The van der Waals surface area contributed by atoms with Crippen LogP contribution in [0.25, 0.3) is 11.2 Å². The number of imidazole rings is 1. The molecule has 0 spiro atoms. The number of fused-ring (bicyclic) bond motifs is 1. The Balaban J connectivity index is 1.26. The third-order valence-electron chi connectivity index (χ3n) is 8.49. The summed E-state index contributed by atoms with van der Waals surface area (Å²) in [6.45, 7) is 1.63. The minimum absolute atomic E-state index is 0.180. The van der Waals surface area contributed by atoms with E-state index in [1.165, 1.54) is 4.90 Å². The first-order chi connectivity index (χ1) is 18.7. The molecular weight excluding hydrogens is 508 g/mol. The van der Waals surface area contributed by atoms with E-state index in [1.807, 2.05) is 12.1 Å². The number of halogens is 2. The second-order valence-electron chi connectivity index (χ2n) is 11.3. The molecule has 1 aliphatic carbocycles. The van der Waals surface area contributed by atoms with Gasteiger partial charge in [0.2, 0.25) is 5.91 Å². The van der Waals surface area contributed by atoms with Gasteiger partial charge in [0.15, 0.2) is 5.65 Å². The van der Waals surface area contributed by atoms with E-state index in [0.29, 0.717) is 35.4 Å². The van der Waals surface area contributed by atoms with Gasteiger partial charge in [0.25, 0.3) is 11.8 Å². The molecule has 39 heavy (non-hydrogen) atoms. The highest BCUT2D eigenvalue weighted by Crippen LogP contribution is 2.38. The molecule has 1 saturated carbocycles. The van der Waals surface area contributed by atoms with Crippen molar-refractivity contribution < 1.29 is 23.1 Å². The SMILES string of the molecule is CC1CCC(C(NC(=O)c2ccnn2C)c2nc3nc(C4COCC4C(=O)N4CC(F)(F)C4)ccc3[nH]2)CC1. The molecule has 2 amide bonds. The number of carbonyl (C=O) groups is 2. The van der Waals surface area contributed by atoms with E-state index in [0.717, 1.165) is 31.2 Å². The Hall–Kier alpha value is -3.41. The molecule has 3 unspecified atom stereocenters. The fraction of sp³-hybridized carbons (Fsp3) is 0.593. The minimum Gasteiger partial charge on any atom is -0.380 e. The normalized spacial score (nSPS) is 27.3. The molecule has 5 heterocycles. The van der Waals surface area contributed by atoms with Crippen LogP contribution >= 0.6 is 0 Å². The lowest BCUT2D eigenvalue weighted by Gasteiger charge is -2.40. The third kappa shape index (κ3) is 5.02. The number of amides is 2. The Morgan fingerprint density at radius 3 is 2.59 bits per heavy atom. The molecular formula is C27H33F2N7O3. The summed E-state index contributed by atoms with van der Waals surface area (Å²) in [7, 11) is 1.73. The van der Waals surface area contributed by atoms with Crippen molar-refractivity contribution in [3.63, 3.8) is 0 Å². The van der Waals surface area contributed by atoms with Gasteiger partial charge in [0, 0.05) is 24.9 Å². The van der Waals surface area contributed by atoms with Crippen molar-refractivity contribution in [3.05, 3.63) is 41.6 Å². The molecule has 2 N–H and O–H groups in total. The van der Waals surface area contributed by atoms with Gasteiger partial charge in [-0.15, -0.1) is 0 Å². The summed E-state index contributed by atoms with van der Waals surface area (Å²) < 4.78 is 33.8. The maximum atomic E-state index is 13.4. The molecule has 6 rings (SSSR count). The number of H-pyrrole nitrogens is 1. The van der Waals surface area contributed by atoms with E-state index in [1.54, 1.807) is 24.0 Å². The first-order valence-electron chi connectivity index (χ1n) is 13.6. The number of nitrogens with zero attached hydrogens (tertiary/aromatic N) is 5. The third-order valence-corrected chi connectivity index (χ3v) is 8.49. The van der Waals surface area contributed by atoms with Crippen molar-refractivity contribution in [2.75, 3.05) is 26.3 Å². The van der Waals surface area contributed by atoms with Gasteiger partial charge in [0.05, 0.1) is 43.8 Å². The summed E-state index contributed by atoms with van der Waals surface area (Å²) >= 11 is 0. The second kappa shape index (κ2) is 9.96. The van der Waals surface area contributed by atoms with E-state index < -0.39 is 24.9 Å². The zero-order chi connectivity index (χ0) is 27.3. The molecule has 10 nitrogen and oxygen atoms in total. The number of pyridine rings is 1. The van der Waals surface area contributed by atoms with Crippen LogP contribution in [-0.2, 0) is 16.6 Å². The Kier molecular flexibility index (Phi) is 6.60. The van der Waals surface area contributed by atoms with Crippen molar-refractivity contribution in [1.29, 1.82) is 0 Å². The maximum Gasteiger partial charge on any atom is 0.282 e. The van der Waals surface area contributed by atoms with Crippen molar-refractivity contribution in [2.24, 2.45) is 24.8 Å². The van der Waals surface area contributed by atoms with Crippen LogP contribution < -0.4 is 5.32 Å². The Bertz CT molecular complexity index is 1370. The summed E-state index contributed by atoms with van der Waals surface area (Å²) in [5, 5.41) is 7.31. The highest BCUT2D eigenvalue weighted by Gasteiger charge is 2.50. The fourth-order valence-corrected chi connectivity index (χ4v) is 6.11. The number of rotatable bonds is 6. The topological polar surface area (TPSA) is 118 Å². The van der Waals surface area contributed by atoms with Crippen molar-refractivity contribution in [2.45, 2.75) is 50.5 Å². The zero-order valence-corrected chi connectivity index (χ0v) is 22.1. The van der Waals surface area contributed by atoms with E-state index in [4.69, 9.17) is 14.7 Å². The molecule has 208 valence electrons. The van der Waals surface area contributed by atoms with E-state index >= 15 is 0 Å². The smallest absolute Gasteiger partial charge is 0.282 e. The molecule has 0 aromatic carbocycles. The molecule has 0 bridgehead atoms. The quantitative estimate of drug-likeness (QED) is 0.495. The predicted octanol–water partition coefficient (Wildman–Crippen LogP) is 3.20. The van der Waals surface area contributed by atoms with Gasteiger partial charge in [-0.2, -0.15) is 5.10 Å². The first-order valence-corrected chi connectivity index (χ1v) is 13.6. The van der Waals surface area contributed by atoms with Crippen LogP contribution in [0.4, 0.5) is 8.78 Å². The molecule has 2 saturated heterocycles. The van der Waals surface area contributed by atoms with Crippen LogP contribution in [0.15, 0.2) is 24.4 Å². The van der Waals surface area contributed by atoms with Crippen LogP contribution in [-0.4, -0.2) is 73.7 Å². The zero-order valence-electron chi connectivity index (χ0n) is 22.1. The molecule has 2 aliphatic heterocycles. The number of aryl methyl sites for hydroxylation is 1. The van der Waals surface area contributed by atoms with Crippen molar-refractivity contribution >= 4 is 23.0 Å². The second-order valence-corrected chi connectivity index (χ2v) is 11.3. The van der Waals surface area contributed by atoms with E-state index in [9.17, 15) is 18.4 Å². The lowest BCUT2D eigenvalue weighted by Crippen LogP contribution is -2.60. The average Bonchev–Trinajstić information content (AvgIpc) is 3.64. The standard InChI is InChI=1S/C27H33F2N7O3/c1-15-3-5-16(6-4-15)22(33-25(37)21-9-10-30-35(21)2)24-32-20-8-7-19(31-23(20)34-24)17-11-39-12-18(17)26(38)36-13-27(28,29)14-36/h7-10,15-18,22H,3-6,11-14H2,1-2H3,(H,33,37)(H,31,32,34). The van der Waals surface area contributed by atoms with Crippen LogP contribution in [0, 0.1) is 17.8 Å². The van der Waals surface area contributed by atoms with Gasteiger partial charge >= 0.3 is 0 Å². The highest BCUT2D eigenvalue weighted by atomic mass is 19.3. The van der Waals surface area contributed by atoms with E-state index in [2.05, 4.69) is 22.3 Å². The van der Waals surface area contributed by atoms with Gasteiger partial charge in [-0.25, -0.2) is 18.7 Å². The molecule has 3 aromatic heterocycles. The summed E-state index contributed by atoms with van der Waals surface area (Å²) in [6, 6.07) is 5.06. The van der Waals surface area contributed by atoms with Gasteiger partial charge in [0.1, 0.15) is 11.5 Å². The number of ether oxygens (including phenoxy) is 1. The van der Waals surface area contributed by atoms with Crippen molar-refractivity contribution in [1.82, 2.24) is 34.9 Å². The Morgan fingerprint density at radius 1 is 1.13 bits per heavy atom. The summed E-state index contributed by atoms with van der Waals surface area (Å²) in [5.74, 6) is -2.73. The number of carbonyl (C=O) groups excluding carboxylic acids is 2. The van der Waals surface area contributed by atoms with Gasteiger partial charge in [-0.3, -0.25) is 14.3 Å². The van der Waals surface area contributed by atoms with Crippen LogP contribution in [0.2, 0.25) is 0 Å². The Labute approximate surface area is 224 Å². The summed E-state index contributed by atoms with van der Waals surface area (Å²) in [6.07, 6.45) is 5.73. The van der Waals surface area contributed by atoms with Gasteiger partial charge in [-0.1, -0.05) is 19.8 Å². The maximum absolute atomic E-state index is 13.4. The number of nitrogens with one attached hydrogen (secondary N) is 2. The number of hydrogen-bond acceptors (Lipinski definition) is 6. The lowest BCUT2D eigenvalue weighted by atomic mass is 9.79. The highest BCUT2D eigenvalue weighted by molar-refractivity contribution is 5.92. The lowest BCUT2D eigenvalue weighted by molar-refractivity contribution is -0.169. The molecule has 3 aliphatic rings. The first kappa shape index (κ1) is 25.8. The molecule has 3 aromatic rings. The molecule has 12 heteroatoms. The monoisotopic (exact) mass is 541 g/mol. The number of hydrogen-bond donors (Lipinski definition) is 2. The molecule has 3 atom stereocenters. The van der Waals surface area contributed by atoms with Crippen molar-refractivity contribution in [3.8, 4) is 0 Å². The van der Waals surface area contributed by atoms with Crippen LogP contribution in [0.3, 0.4) is 0 Å². The van der Waals surface area contributed by atoms with Crippen LogP contribution in [0.1, 0.15) is 66.6 Å². The summed E-state index contributed by atoms with van der Waals surface area (Å²) in [4.78, 5) is 40.2. The van der Waals surface area contributed by atoms with E-state index in [-0.39, 0.29) is 36.3 Å². The average molecular weight is 542 g/mol. The molecule has 0 radical (unpaired) electrons. The van der Waals surface area contributed by atoms with Crippen LogP contribution in [0.5, 0.6) is 0 Å². The van der Waals surface area contributed by atoms with Gasteiger partial charge < -0.3 is 19.9 Å². The Morgan fingerprint density at radius 2 is 1.90 bits per heavy atom. The number of aromatic amines is 1. The van der Waals surface area contributed by atoms with Gasteiger partial charge in [-0.05, 0) is 42.9 Å².